The minimum absolute atomic E-state index is 0.111. The molecule has 1 aliphatic carbocycles. The SMILES string of the molecule is CCS(=O)(=O)[C@@H]1[C@H](c2cccc(Cl)c2)[C@@]1(CN)COC. The fourth-order valence-corrected chi connectivity index (χ4v) is 5.50. The molecular weight excluding hydrogens is 298 g/mol. The van der Waals surface area contributed by atoms with E-state index in [0.717, 1.165) is 5.56 Å². The van der Waals surface area contributed by atoms with Crippen molar-refractivity contribution < 1.29 is 13.2 Å². The third-order valence-electron chi connectivity index (χ3n) is 4.17. The smallest absolute Gasteiger partial charge is 0.154 e. The van der Waals surface area contributed by atoms with Crippen LogP contribution in [0.3, 0.4) is 0 Å². The molecule has 0 spiro atoms. The highest BCUT2D eigenvalue weighted by molar-refractivity contribution is 7.92. The van der Waals surface area contributed by atoms with Crippen LogP contribution in [0, 0.1) is 5.41 Å². The summed E-state index contributed by atoms with van der Waals surface area (Å²) in [7, 11) is -1.61. The minimum atomic E-state index is -3.18. The van der Waals surface area contributed by atoms with Gasteiger partial charge in [-0.2, -0.15) is 0 Å². The molecule has 3 atom stereocenters. The van der Waals surface area contributed by atoms with Gasteiger partial charge < -0.3 is 10.5 Å². The van der Waals surface area contributed by atoms with Gasteiger partial charge in [0.15, 0.2) is 9.84 Å². The van der Waals surface area contributed by atoms with Gasteiger partial charge in [0.1, 0.15) is 0 Å². The number of methoxy groups -OCH3 is 1. The van der Waals surface area contributed by atoms with Crippen LogP contribution < -0.4 is 5.73 Å². The van der Waals surface area contributed by atoms with Crippen LogP contribution >= 0.6 is 11.6 Å². The Morgan fingerprint density at radius 2 is 2.15 bits per heavy atom. The van der Waals surface area contributed by atoms with E-state index in [2.05, 4.69) is 0 Å². The number of hydrogen-bond donors (Lipinski definition) is 1. The van der Waals surface area contributed by atoms with Gasteiger partial charge in [0.25, 0.3) is 0 Å². The van der Waals surface area contributed by atoms with Crippen LogP contribution in [-0.4, -0.2) is 39.7 Å². The fraction of sp³-hybridized carbons (Fsp3) is 0.571. The maximum absolute atomic E-state index is 12.3. The molecule has 2 N–H and O–H groups in total. The van der Waals surface area contributed by atoms with Crippen molar-refractivity contribution in [1.82, 2.24) is 0 Å². The first kappa shape index (κ1) is 15.8. The molecule has 1 fully saturated rings. The average Bonchev–Trinajstić information content (AvgIpc) is 3.09. The van der Waals surface area contributed by atoms with E-state index >= 15 is 0 Å². The van der Waals surface area contributed by atoms with E-state index in [1.54, 1.807) is 20.1 Å². The molecule has 6 heteroatoms. The molecule has 1 aromatic rings. The van der Waals surface area contributed by atoms with Crippen molar-refractivity contribution in [1.29, 1.82) is 0 Å². The topological polar surface area (TPSA) is 69.4 Å². The van der Waals surface area contributed by atoms with E-state index in [1.807, 2.05) is 18.2 Å². The first-order valence-electron chi connectivity index (χ1n) is 6.59. The van der Waals surface area contributed by atoms with Gasteiger partial charge in [-0.3, -0.25) is 0 Å². The van der Waals surface area contributed by atoms with Crippen molar-refractivity contribution in [2.75, 3.05) is 26.0 Å². The monoisotopic (exact) mass is 317 g/mol. The molecule has 0 bridgehead atoms. The summed E-state index contributed by atoms with van der Waals surface area (Å²) in [5, 5.41) is 0.119. The standard InChI is InChI=1S/C14H20ClNO3S/c1-3-20(17,18)13-12(14(13,8-16)9-19-2)10-5-4-6-11(15)7-10/h4-7,12-13H,3,8-9,16H2,1-2H3/t12-,13+,14+/m0/s1. The van der Waals surface area contributed by atoms with Crippen molar-refractivity contribution >= 4 is 21.4 Å². The number of rotatable bonds is 6. The summed E-state index contributed by atoms with van der Waals surface area (Å²) in [5.74, 6) is -0.0312. The van der Waals surface area contributed by atoms with E-state index in [-0.39, 0.29) is 18.2 Å². The third kappa shape index (κ3) is 2.48. The summed E-state index contributed by atoms with van der Waals surface area (Å²) in [6.45, 7) is 2.28. The maximum atomic E-state index is 12.3. The number of sulfone groups is 1. The summed E-state index contributed by atoms with van der Waals surface area (Å²) in [4.78, 5) is 0. The van der Waals surface area contributed by atoms with Crippen molar-refractivity contribution in [3.63, 3.8) is 0 Å². The van der Waals surface area contributed by atoms with Gasteiger partial charge in [-0.05, 0) is 17.7 Å². The molecule has 0 aromatic heterocycles. The van der Waals surface area contributed by atoms with Crippen molar-refractivity contribution in [2.45, 2.75) is 18.1 Å². The highest BCUT2D eigenvalue weighted by Gasteiger charge is 2.69. The predicted octanol–water partition coefficient (Wildman–Crippen LogP) is 1.83. The number of ether oxygens (including phenoxy) is 1. The van der Waals surface area contributed by atoms with Crippen LogP contribution in [0.25, 0.3) is 0 Å². The molecule has 112 valence electrons. The van der Waals surface area contributed by atoms with Crippen LogP contribution in [0.4, 0.5) is 0 Å². The van der Waals surface area contributed by atoms with Gasteiger partial charge in [0.2, 0.25) is 0 Å². The molecule has 1 saturated carbocycles. The van der Waals surface area contributed by atoms with E-state index in [4.69, 9.17) is 22.1 Å². The molecule has 0 amide bonds. The minimum Gasteiger partial charge on any atom is -0.384 e. The van der Waals surface area contributed by atoms with E-state index in [9.17, 15) is 8.42 Å². The zero-order valence-corrected chi connectivity index (χ0v) is 13.2. The summed E-state index contributed by atoms with van der Waals surface area (Å²) in [5.41, 5.74) is 6.27. The van der Waals surface area contributed by atoms with Gasteiger partial charge in [-0.1, -0.05) is 30.7 Å². The van der Waals surface area contributed by atoms with Crippen LogP contribution in [0.5, 0.6) is 0 Å². The summed E-state index contributed by atoms with van der Waals surface area (Å²) in [6.07, 6.45) is 0. The van der Waals surface area contributed by atoms with E-state index in [1.165, 1.54) is 0 Å². The summed E-state index contributed by atoms with van der Waals surface area (Å²) < 4.78 is 29.9. The Kier molecular flexibility index (Phi) is 4.44. The predicted molar refractivity (Wildman–Crippen MR) is 80.8 cm³/mol. The molecule has 20 heavy (non-hydrogen) atoms. The van der Waals surface area contributed by atoms with Gasteiger partial charge in [0, 0.05) is 35.8 Å². The Labute approximate surface area is 125 Å². The quantitative estimate of drug-likeness (QED) is 0.869. The van der Waals surface area contributed by atoms with Crippen molar-refractivity contribution in [3.8, 4) is 0 Å². The molecule has 1 aliphatic rings. The zero-order chi connectivity index (χ0) is 15.0. The van der Waals surface area contributed by atoms with Crippen LogP contribution in [-0.2, 0) is 14.6 Å². The normalized spacial score (nSPS) is 29.4. The Balaban J connectivity index is 2.45. The highest BCUT2D eigenvalue weighted by Crippen LogP contribution is 2.62. The molecule has 4 nitrogen and oxygen atoms in total. The van der Waals surface area contributed by atoms with E-state index < -0.39 is 20.5 Å². The highest BCUT2D eigenvalue weighted by atomic mass is 35.5. The second kappa shape index (κ2) is 5.64. The third-order valence-corrected chi connectivity index (χ3v) is 6.73. The Morgan fingerprint density at radius 3 is 2.65 bits per heavy atom. The molecule has 0 unspecified atom stereocenters. The Hall–Kier alpha value is -0.620. The van der Waals surface area contributed by atoms with Crippen molar-refractivity contribution in [2.24, 2.45) is 11.1 Å². The lowest BCUT2D eigenvalue weighted by Crippen LogP contribution is -2.28. The second-order valence-electron chi connectivity index (χ2n) is 5.28. The first-order chi connectivity index (χ1) is 9.43. The number of benzene rings is 1. The summed E-state index contributed by atoms with van der Waals surface area (Å²) >= 11 is 6.01. The molecule has 0 aliphatic heterocycles. The number of halogens is 1. The van der Waals surface area contributed by atoms with Gasteiger partial charge >= 0.3 is 0 Å². The molecule has 2 rings (SSSR count). The Morgan fingerprint density at radius 1 is 1.45 bits per heavy atom. The van der Waals surface area contributed by atoms with Crippen LogP contribution in [0.1, 0.15) is 18.4 Å². The lowest BCUT2D eigenvalue weighted by molar-refractivity contribution is 0.142. The first-order valence-corrected chi connectivity index (χ1v) is 8.68. The van der Waals surface area contributed by atoms with Gasteiger partial charge in [-0.15, -0.1) is 0 Å². The molecule has 1 aromatic carbocycles. The molecule has 0 saturated heterocycles. The molecular formula is C14H20ClNO3S. The fourth-order valence-electron chi connectivity index (χ4n) is 3.15. The largest absolute Gasteiger partial charge is 0.384 e. The molecule has 0 radical (unpaired) electrons. The lowest BCUT2D eigenvalue weighted by atomic mass is 10.00. The summed E-state index contributed by atoms with van der Waals surface area (Å²) in [6, 6.07) is 7.33. The average molecular weight is 318 g/mol. The Bertz CT molecular complexity index is 590. The second-order valence-corrected chi connectivity index (χ2v) is 8.12. The molecule has 0 heterocycles. The van der Waals surface area contributed by atoms with Crippen molar-refractivity contribution in [3.05, 3.63) is 34.9 Å². The maximum Gasteiger partial charge on any atom is 0.154 e. The number of hydrogen-bond acceptors (Lipinski definition) is 4. The van der Waals surface area contributed by atoms with Gasteiger partial charge in [-0.25, -0.2) is 8.42 Å². The van der Waals surface area contributed by atoms with Crippen LogP contribution in [0.15, 0.2) is 24.3 Å². The number of nitrogens with two attached hydrogens (primary N) is 1. The van der Waals surface area contributed by atoms with Gasteiger partial charge in [0.05, 0.1) is 11.9 Å². The lowest BCUT2D eigenvalue weighted by Gasteiger charge is -2.14. The van der Waals surface area contributed by atoms with E-state index in [0.29, 0.717) is 11.6 Å². The van der Waals surface area contributed by atoms with Crippen LogP contribution in [0.2, 0.25) is 5.02 Å². The zero-order valence-electron chi connectivity index (χ0n) is 11.7.